The third-order valence-corrected chi connectivity index (χ3v) is 3.91. The van der Waals surface area contributed by atoms with Crippen LogP contribution in [0.15, 0.2) is 0 Å². The van der Waals surface area contributed by atoms with Crippen LogP contribution in [0, 0.1) is 5.41 Å². The maximum atomic E-state index is 12.2. The zero-order chi connectivity index (χ0) is 20.0. The van der Waals surface area contributed by atoms with E-state index in [-0.39, 0.29) is 36.2 Å². The summed E-state index contributed by atoms with van der Waals surface area (Å²) < 4.78 is 5.12. The third kappa shape index (κ3) is 9.63. The van der Waals surface area contributed by atoms with Crippen molar-refractivity contribution in [3.8, 4) is 0 Å². The molecule has 0 aromatic carbocycles. The minimum absolute atomic E-state index is 0.0106. The highest BCUT2D eigenvalue weighted by molar-refractivity contribution is 5.78. The van der Waals surface area contributed by atoms with Crippen LogP contribution in [0.2, 0.25) is 0 Å². The SMILES string of the molecule is CC(C)(C)CC(=O)N1CCC(NC(=O)CCNC(=O)OC(C)(C)C)CC1. The number of carbonyl (C=O) groups is 3. The molecule has 7 nitrogen and oxygen atoms in total. The molecule has 1 aliphatic heterocycles. The van der Waals surface area contributed by atoms with Crippen molar-refractivity contribution in [3.63, 3.8) is 0 Å². The van der Waals surface area contributed by atoms with Crippen LogP contribution in [0.3, 0.4) is 0 Å². The molecule has 3 amide bonds. The van der Waals surface area contributed by atoms with Crippen molar-refractivity contribution in [2.24, 2.45) is 5.41 Å². The van der Waals surface area contributed by atoms with Gasteiger partial charge in [0.2, 0.25) is 11.8 Å². The molecule has 1 heterocycles. The first-order valence-electron chi connectivity index (χ1n) is 9.40. The molecule has 0 aromatic heterocycles. The molecule has 0 radical (unpaired) electrons. The lowest BCUT2D eigenvalue weighted by Crippen LogP contribution is -2.47. The first kappa shape index (κ1) is 22.3. The Bertz CT molecular complexity index is 498. The number of piperidine rings is 1. The summed E-state index contributed by atoms with van der Waals surface area (Å²) in [5, 5.41) is 5.56. The summed E-state index contributed by atoms with van der Waals surface area (Å²) in [5.74, 6) is 0.0874. The molecule has 1 rings (SSSR count). The van der Waals surface area contributed by atoms with Gasteiger partial charge in [-0.05, 0) is 39.0 Å². The van der Waals surface area contributed by atoms with Crippen LogP contribution >= 0.6 is 0 Å². The maximum Gasteiger partial charge on any atom is 0.407 e. The van der Waals surface area contributed by atoms with Crippen molar-refractivity contribution in [2.45, 2.75) is 78.9 Å². The molecular weight excluding hydrogens is 334 g/mol. The van der Waals surface area contributed by atoms with Gasteiger partial charge in [-0.2, -0.15) is 0 Å². The highest BCUT2D eigenvalue weighted by Crippen LogP contribution is 2.21. The minimum atomic E-state index is -0.551. The van der Waals surface area contributed by atoms with E-state index >= 15 is 0 Å². The van der Waals surface area contributed by atoms with Gasteiger partial charge in [0.05, 0.1) is 0 Å². The third-order valence-electron chi connectivity index (χ3n) is 3.91. The van der Waals surface area contributed by atoms with Crippen molar-refractivity contribution < 1.29 is 19.1 Å². The number of carbonyl (C=O) groups excluding carboxylic acids is 3. The predicted octanol–water partition coefficient (Wildman–Crippen LogP) is 2.44. The van der Waals surface area contributed by atoms with Gasteiger partial charge in [-0.15, -0.1) is 0 Å². The molecule has 1 fully saturated rings. The van der Waals surface area contributed by atoms with Crippen molar-refractivity contribution in [2.75, 3.05) is 19.6 Å². The Balaban J connectivity index is 2.23. The number of hydrogen-bond donors (Lipinski definition) is 2. The zero-order valence-electron chi connectivity index (χ0n) is 17.1. The second-order valence-electron chi connectivity index (χ2n) is 9.14. The van der Waals surface area contributed by atoms with E-state index in [1.807, 2.05) is 4.90 Å². The summed E-state index contributed by atoms with van der Waals surface area (Å²) in [5.41, 5.74) is -0.561. The normalized spacial score (nSPS) is 16.2. The Kier molecular flexibility index (Phi) is 7.90. The molecule has 0 bridgehead atoms. The van der Waals surface area contributed by atoms with E-state index in [1.54, 1.807) is 20.8 Å². The molecule has 150 valence electrons. The van der Waals surface area contributed by atoms with Crippen LogP contribution in [0.5, 0.6) is 0 Å². The van der Waals surface area contributed by atoms with E-state index in [2.05, 4.69) is 31.4 Å². The Morgan fingerprint density at radius 1 is 1.04 bits per heavy atom. The molecule has 1 aliphatic rings. The average molecular weight is 370 g/mol. The van der Waals surface area contributed by atoms with Crippen molar-refractivity contribution in [3.05, 3.63) is 0 Å². The fraction of sp³-hybridized carbons (Fsp3) is 0.842. The molecule has 2 N–H and O–H groups in total. The second kappa shape index (κ2) is 9.24. The molecule has 0 unspecified atom stereocenters. The number of ether oxygens (including phenoxy) is 1. The first-order chi connectivity index (χ1) is 11.9. The predicted molar refractivity (Wildman–Crippen MR) is 101 cm³/mol. The Hall–Kier alpha value is -1.79. The fourth-order valence-electron chi connectivity index (χ4n) is 2.73. The summed E-state index contributed by atoms with van der Waals surface area (Å²) >= 11 is 0. The Morgan fingerprint density at radius 3 is 2.12 bits per heavy atom. The van der Waals surface area contributed by atoms with Crippen molar-refractivity contribution in [1.82, 2.24) is 15.5 Å². The topological polar surface area (TPSA) is 87.7 Å². The maximum absolute atomic E-state index is 12.2. The molecule has 0 spiro atoms. The van der Waals surface area contributed by atoms with Crippen LogP contribution in [-0.2, 0) is 14.3 Å². The number of alkyl carbamates (subject to hydrolysis) is 1. The van der Waals surface area contributed by atoms with Gasteiger partial charge in [-0.25, -0.2) is 4.79 Å². The van der Waals surface area contributed by atoms with Gasteiger partial charge >= 0.3 is 6.09 Å². The number of rotatable bonds is 5. The number of likely N-dealkylation sites (tertiary alicyclic amines) is 1. The monoisotopic (exact) mass is 369 g/mol. The van der Waals surface area contributed by atoms with E-state index in [1.165, 1.54) is 0 Å². The summed E-state index contributed by atoms with van der Waals surface area (Å²) in [6.45, 7) is 13.1. The Morgan fingerprint density at radius 2 is 1.62 bits per heavy atom. The molecule has 0 aromatic rings. The molecule has 0 saturated carbocycles. The summed E-state index contributed by atoms with van der Waals surface area (Å²) in [6.07, 6.45) is 1.77. The van der Waals surface area contributed by atoms with Gasteiger partial charge in [0.15, 0.2) is 0 Å². The smallest absolute Gasteiger partial charge is 0.407 e. The van der Waals surface area contributed by atoms with Crippen LogP contribution in [-0.4, -0.2) is 54.1 Å². The molecule has 0 atom stereocenters. The summed E-state index contributed by atoms with van der Waals surface area (Å²) in [6, 6.07) is 0.0858. The largest absolute Gasteiger partial charge is 0.444 e. The van der Waals surface area contributed by atoms with E-state index in [9.17, 15) is 14.4 Å². The lowest BCUT2D eigenvalue weighted by atomic mass is 9.91. The number of amides is 3. The summed E-state index contributed by atoms with van der Waals surface area (Å²) in [4.78, 5) is 37.6. The highest BCUT2D eigenvalue weighted by Gasteiger charge is 2.26. The van der Waals surface area contributed by atoms with E-state index in [0.29, 0.717) is 19.5 Å². The lowest BCUT2D eigenvalue weighted by Gasteiger charge is -2.34. The molecule has 0 aliphatic carbocycles. The molecule has 1 saturated heterocycles. The van der Waals surface area contributed by atoms with E-state index in [0.717, 1.165) is 12.8 Å². The first-order valence-corrected chi connectivity index (χ1v) is 9.40. The van der Waals surface area contributed by atoms with E-state index < -0.39 is 11.7 Å². The van der Waals surface area contributed by atoms with Crippen LogP contribution in [0.25, 0.3) is 0 Å². The highest BCUT2D eigenvalue weighted by atomic mass is 16.6. The zero-order valence-corrected chi connectivity index (χ0v) is 17.1. The van der Waals surface area contributed by atoms with Gasteiger partial charge in [-0.1, -0.05) is 20.8 Å². The van der Waals surface area contributed by atoms with Crippen LogP contribution in [0.1, 0.15) is 67.2 Å². The van der Waals surface area contributed by atoms with Crippen LogP contribution < -0.4 is 10.6 Å². The van der Waals surface area contributed by atoms with Gasteiger partial charge in [0, 0.05) is 38.5 Å². The van der Waals surface area contributed by atoms with Crippen molar-refractivity contribution in [1.29, 1.82) is 0 Å². The van der Waals surface area contributed by atoms with Gasteiger partial charge < -0.3 is 20.3 Å². The van der Waals surface area contributed by atoms with Gasteiger partial charge in [-0.3, -0.25) is 9.59 Å². The second-order valence-corrected chi connectivity index (χ2v) is 9.14. The molecule has 7 heteroatoms. The van der Waals surface area contributed by atoms with E-state index in [4.69, 9.17) is 4.74 Å². The lowest BCUT2D eigenvalue weighted by molar-refractivity contribution is -0.134. The molecular formula is C19H35N3O4. The van der Waals surface area contributed by atoms with Gasteiger partial charge in [0.1, 0.15) is 5.60 Å². The quantitative estimate of drug-likeness (QED) is 0.779. The number of hydrogen-bond acceptors (Lipinski definition) is 4. The standard InChI is InChI=1S/C19H35N3O4/c1-18(2,3)13-16(24)22-11-8-14(9-12-22)21-15(23)7-10-20-17(25)26-19(4,5)6/h14H,7-13H2,1-6H3,(H,20,25)(H,21,23). The summed E-state index contributed by atoms with van der Waals surface area (Å²) in [7, 11) is 0. The fourth-order valence-corrected chi connectivity index (χ4v) is 2.73. The number of nitrogens with one attached hydrogen (secondary N) is 2. The average Bonchev–Trinajstić information content (AvgIpc) is 2.44. The number of nitrogens with zero attached hydrogens (tertiary/aromatic N) is 1. The Labute approximate surface area is 157 Å². The van der Waals surface area contributed by atoms with Gasteiger partial charge in [0.25, 0.3) is 0 Å². The molecule has 26 heavy (non-hydrogen) atoms. The van der Waals surface area contributed by atoms with Crippen LogP contribution in [0.4, 0.5) is 4.79 Å². The van der Waals surface area contributed by atoms with Crippen molar-refractivity contribution >= 4 is 17.9 Å². The minimum Gasteiger partial charge on any atom is -0.444 e.